The van der Waals surface area contributed by atoms with Crippen LogP contribution >= 0.6 is 11.3 Å². The minimum absolute atomic E-state index is 0.184. The molecule has 1 saturated heterocycles. The molecule has 152 valence electrons. The molecule has 3 aromatic heterocycles. The molecule has 0 saturated carbocycles. The van der Waals surface area contributed by atoms with Gasteiger partial charge in [0.15, 0.2) is 5.01 Å². The van der Waals surface area contributed by atoms with Gasteiger partial charge in [-0.05, 0) is 31.9 Å². The molecule has 4 heterocycles. The van der Waals surface area contributed by atoms with Gasteiger partial charge in [0.25, 0.3) is 0 Å². The van der Waals surface area contributed by atoms with E-state index in [-0.39, 0.29) is 18.7 Å². The zero-order valence-electron chi connectivity index (χ0n) is 16.1. The number of nitrogens with zero attached hydrogens (tertiary/aromatic N) is 5. The second-order valence-corrected chi connectivity index (χ2v) is 8.10. The Morgan fingerprint density at radius 2 is 2.14 bits per heavy atom. The van der Waals surface area contributed by atoms with Crippen molar-refractivity contribution in [1.82, 2.24) is 30.4 Å². The number of anilines is 1. The molecule has 1 aliphatic heterocycles. The number of hydrogen-bond acceptors (Lipinski definition) is 7. The molecule has 0 radical (unpaired) electrons. The highest BCUT2D eigenvalue weighted by Gasteiger charge is 2.22. The van der Waals surface area contributed by atoms with E-state index in [1.807, 2.05) is 19.1 Å². The van der Waals surface area contributed by atoms with Crippen LogP contribution in [0.3, 0.4) is 0 Å². The lowest BCUT2D eigenvalue weighted by atomic mass is 10.1. The van der Waals surface area contributed by atoms with Gasteiger partial charge in [0.1, 0.15) is 23.2 Å². The highest BCUT2D eigenvalue weighted by Crippen LogP contribution is 2.24. The zero-order chi connectivity index (χ0) is 20.2. The number of fused-ring (bicyclic) bond motifs is 1. The molecule has 8 nitrogen and oxygen atoms in total. The maximum atomic E-state index is 12.6. The Kier molecular flexibility index (Phi) is 5.91. The SMILES string of the molecule is Cc1nnc(-c2ccc3cnc(NC(=O)N4CCC(NCCF)CC4)cc3n2)s1. The van der Waals surface area contributed by atoms with E-state index >= 15 is 0 Å². The van der Waals surface area contributed by atoms with Gasteiger partial charge < -0.3 is 10.2 Å². The Hall–Kier alpha value is -2.72. The largest absolute Gasteiger partial charge is 0.324 e. The molecule has 1 aliphatic rings. The number of urea groups is 1. The molecule has 0 aliphatic carbocycles. The average molecular weight is 415 g/mol. The van der Waals surface area contributed by atoms with Crippen LogP contribution in [0.2, 0.25) is 0 Å². The van der Waals surface area contributed by atoms with Gasteiger partial charge in [0.05, 0.1) is 5.52 Å². The fourth-order valence-corrected chi connectivity index (χ4v) is 4.00. The smallest absolute Gasteiger partial charge is 0.323 e. The number of nitrogens with one attached hydrogen (secondary N) is 2. The van der Waals surface area contributed by atoms with Crippen LogP contribution in [0, 0.1) is 6.92 Å². The number of aromatic nitrogens is 4. The fraction of sp³-hybridized carbons (Fsp3) is 0.421. The Bertz CT molecular complexity index is 1000. The minimum atomic E-state index is -0.372. The van der Waals surface area contributed by atoms with E-state index in [0.717, 1.165) is 39.5 Å². The second kappa shape index (κ2) is 8.75. The quantitative estimate of drug-likeness (QED) is 0.665. The number of hydrogen-bond donors (Lipinski definition) is 2. The fourth-order valence-electron chi connectivity index (χ4n) is 3.34. The Balaban J connectivity index is 1.43. The van der Waals surface area contributed by atoms with Crippen molar-refractivity contribution in [2.24, 2.45) is 0 Å². The lowest BCUT2D eigenvalue weighted by Gasteiger charge is -2.32. The van der Waals surface area contributed by atoms with E-state index in [0.29, 0.717) is 25.5 Å². The van der Waals surface area contributed by atoms with Gasteiger partial charge in [-0.1, -0.05) is 11.3 Å². The molecule has 0 unspecified atom stereocenters. The molecule has 4 rings (SSSR count). The summed E-state index contributed by atoms with van der Waals surface area (Å²) >= 11 is 1.49. The van der Waals surface area contributed by atoms with Crippen LogP contribution in [0.4, 0.5) is 15.0 Å². The molecule has 0 spiro atoms. The summed E-state index contributed by atoms with van der Waals surface area (Å²) in [6, 6.07) is 5.67. The summed E-state index contributed by atoms with van der Waals surface area (Å²) in [5, 5.41) is 16.7. The maximum Gasteiger partial charge on any atom is 0.323 e. The van der Waals surface area contributed by atoms with Crippen molar-refractivity contribution in [3.8, 4) is 10.7 Å². The van der Waals surface area contributed by atoms with Crippen molar-refractivity contribution in [2.75, 3.05) is 31.6 Å². The van der Waals surface area contributed by atoms with Gasteiger partial charge in [-0.15, -0.1) is 10.2 Å². The first-order valence-corrected chi connectivity index (χ1v) is 10.4. The second-order valence-electron chi connectivity index (χ2n) is 6.92. The molecule has 0 aromatic carbocycles. The normalized spacial score (nSPS) is 15.0. The Labute approximate surface area is 171 Å². The molecule has 0 bridgehead atoms. The highest BCUT2D eigenvalue weighted by atomic mass is 32.1. The third-order valence-corrected chi connectivity index (χ3v) is 5.72. The number of carbonyl (C=O) groups excluding carboxylic acids is 1. The first kappa shape index (κ1) is 19.6. The number of alkyl halides is 1. The molecule has 10 heteroatoms. The average Bonchev–Trinajstić information content (AvgIpc) is 3.18. The topological polar surface area (TPSA) is 95.9 Å². The van der Waals surface area contributed by atoms with Crippen molar-refractivity contribution < 1.29 is 9.18 Å². The minimum Gasteiger partial charge on any atom is -0.324 e. The molecule has 0 atom stereocenters. The number of pyridine rings is 2. The molecular weight excluding hydrogens is 393 g/mol. The molecule has 1 fully saturated rings. The Morgan fingerprint density at radius 1 is 1.31 bits per heavy atom. The summed E-state index contributed by atoms with van der Waals surface area (Å²) in [5.74, 6) is 0.457. The number of amides is 2. The molecule has 29 heavy (non-hydrogen) atoms. The lowest BCUT2D eigenvalue weighted by molar-refractivity contribution is 0.188. The third kappa shape index (κ3) is 4.65. The Morgan fingerprint density at radius 3 is 2.86 bits per heavy atom. The standard InChI is InChI=1S/C19H22FN7OS/c1-12-25-26-18(29-12)15-3-2-13-11-22-17(10-16(13)23-15)24-19(28)27-8-4-14(5-9-27)21-7-6-20/h2-3,10-11,14,21H,4-9H2,1H3,(H,22,24,28). The third-order valence-electron chi connectivity index (χ3n) is 4.86. The van der Waals surface area contributed by atoms with Gasteiger partial charge in [-0.25, -0.2) is 19.2 Å². The van der Waals surface area contributed by atoms with Crippen molar-refractivity contribution in [2.45, 2.75) is 25.8 Å². The summed E-state index contributed by atoms with van der Waals surface area (Å²) in [6.07, 6.45) is 3.32. The van der Waals surface area contributed by atoms with Gasteiger partial charge in [-0.2, -0.15) is 0 Å². The van der Waals surface area contributed by atoms with Crippen LogP contribution in [0.15, 0.2) is 24.4 Å². The maximum absolute atomic E-state index is 12.6. The van der Waals surface area contributed by atoms with Gasteiger partial charge in [0.2, 0.25) is 0 Å². The first-order valence-electron chi connectivity index (χ1n) is 9.55. The van der Waals surface area contributed by atoms with Gasteiger partial charge in [-0.3, -0.25) is 5.32 Å². The van der Waals surface area contributed by atoms with Crippen LogP contribution in [0.1, 0.15) is 17.8 Å². The van der Waals surface area contributed by atoms with E-state index in [2.05, 4.69) is 30.8 Å². The highest BCUT2D eigenvalue weighted by molar-refractivity contribution is 7.14. The predicted molar refractivity (Wildman–Crippen MR) is 111 cm³/mol. The van der Waals surface area contributed by atoms with E-state index in [1.165, 1.54) is 11.3 Å². The van der Waals surface area contributed by atoms with Gasteiger partial charge >= 0.3 is 6.03 Å². The number of halogens is 1. The van der Waals surface area contributed by atoms with Crippen molar-refractivity contribution >= 4 is 34.1 Å². The lowest BCUT2D eigenvalue weighted by Crippen LogP contribution is -2.46. The van der Waals surface area contributed by atoms with Crippen LogP contribution in [0.5, 0.6) is 0 Å². The number of aryl methyl sites for hydroxylation is 1. The number of piperidine rings is 1. The van der Waals surface area contributed by atoms with Crippen molar-refractivity contribution in [1.29, 1.82) is 0 Å². The molecule has 3 aromatic rings. The number of rotatable bonds is 5. The van der Waals surface area contributed by atoms with Gasteiger partial charge in [0, 0.05) is 43.3 Å². The molecule has 2 N–H and O–H groups in total. The van der Waals surface area contributed by atoms with Crippen molar-refractivity contribution in [3.05, 3.63) is 29.4 Å². The van der Waals surface area contributed by atoms with Crippen LogP contribution in [0.25, 0.3) is 21.6 Å². The predicted octanol–water partition coefficient (Wildman–Crippen LogP) is 3.01. The van der Waals surface area contributed by atoms with E-state index in [1.54, 1.807) is 17.2 Å². The van der Waals surface area contributed by atoms with Crippen molar-refractivity contribution in [3.63, 3.8) is 0 Å². The summed E-state index contributed by atoms with van der Waals surface area (Å²) < 4.78 is 12.3. The summed E-state index contributed by atoms with van der Waals surface area (Å²) in [7, 11) is 0. The summed E-state index contributed by atoms with van der Waals surface area (Å²) in [5.41, 5.74) is 1.48. The summed E-state index contributed by atoms with van der Waals surface area (Å²) in [6.45, 7) is 3.15. The number of carbonyl (C=O) groups is 1. The molecule has 2 amide bonds. The molecular formula is C19H22FN7OS. The van der Waals surface area contributed by atoms with E-state index < -0.39 is 0 Å². The zero-order valence-corrected chi connectivity index (χ0v) is 16.9. The van der Waals surface area contributed by atoms with E-state index in [4.69, 9.17) is 0 Å². The summed E-state index contributed by atoms with van der Waals surface area (Å²) in [4.78, 5) is 23.3. The van der Waals surface area contributed by atoms with Crippen LogP contribution in [-0.2, 0) is 0 Å². The van der Waals surface area contributed by atoms with Crippen LogP contribution in [-0.4, -0.2) is 63.4 Å². The van der Waals surface area contributed by atoms with Crippen LogP contribution < -0.4 is 10.6 Å². The monoisotopic (exact) mass is 415 g/mol. The van der Waals surface area contributed by atoms with E-state index in [9.17, 15) is 9.18 Å². The first-order chi connectivity index (χ1) is 14.1. The number of likely N-dealkylation sites (tertiary alicyclic amines) is 1.